The molecule has 7 nitrogen and oxygen atoms in total. The number of imide groups is 1. The SMILES string of the molecule is Cc1[nH]n(C(C)(C)C)c(=O)c1/C=C1\NC(=O)N(Cc2ccc(F)cc2)C1=O. The highest BCUT2D eigenvalue weighted by Crippen LogP contribution is 2.18. The van der Waals surface area contributed by atoms with E-state index in [9.17, 15) is 18.8 Å². The molecule has 0 aliphatic carbocycles. The van der Waals surface area contributed by atoms with Crippen LogP contribution < -0.4 is 10.9 Å². The highest BCUT2D eigenvalue weighted by Gasteiger charge is 2.34. The van der Waals surface area contributed by atoms with Crippen molar-refractivity contribution in [3.63, 3.8) is 0 Å². The molecule has 27 heavy (non-hydrogen) atoms. The highest BCUT2D eigenvalue weighted by atomic mass is 19.1. The Kier molecular flexibility index (Phi) is 4.51. The van der Waals surface area contributed by atoms with Gasteiger partial charge in [-0.25, -0.2) is 13.9 Å². The molecule has 0 unspecified atom stereocenters. The van der Waals surface area contributed by atoms with E-state index < -0.39 is 23.3 Å². The number of carbonyl (C=O) groups is 2. The van der Waals surface area contributed by atoms with Gasteiger partial charge in [-0.3, -0.25) is 19.6 Å². The predicted octanol–water partition coefficient (Wildman–Crippen LogP) is 2.47. The Morgan fingerprint density at radius 1 is 1.11 bits per heavy atom. The van der Waals surface area contributed by atoms with Crippen LogP contribution in [-0.4, -0.2) is 26.6 Å². The number of urea groups is 1. The maximum absolute atomic E-state index is 13.0. The number of hydrogen-bond donors (Lipinski definition) is 2. The third-order valence-corrected chi connectivity index (χ3v) is 4.29. The number of amides is 3. The number of benzene rings is 1. The summed E-state index contributed by atoms with van der Waals surface area (Å²) in [6.45, 7) is 7.39. The first-order valence-electron chi connectivity index (χ1n) is 8.49. The molecule has 2 N–H and O–H groups in total. The normalized spacial score (nSPS) is 16.3. The Morgan fingerprint density at radius 3 is 2.30 bits per heavy atom. The molecule has 2 aromatic rings. The molecule has 0 bridgehead atoms. The van der Waals surface area contributed by atoms with Gasteiger partial charge in [0, 0.05) is 5.69 Å². The van der Waals surface area contributed by atoms with Crippen LogP contribution in [0.4, 0.5) is 9.18 Å². The molecule has 1 saturated heterocycles. The predicted molar refractivity (Wildman–Crippen MR) is 98.2 cm³/mol. The average Bonchev–Trinajstić information content (AvgIpc) is 3.01. The third kappa shape index (κ3) is 3.55. The van der Waals surface area contributed by atoms with Gasteiger partial charge in [0.1, 0.15) is 11.5 Å². The Labute approximate surface area is 155 Å². The van der Waals surface area contributed by atoms with Crippen molar-refractivity contribution in [1.82, 2.24) is 20.0 Å². The Bertz CT molecular complexity index is 993. The fourth-order valence-electron chi connectivity index (χ4n) is 2.83. The van der Waals surface area contributed by atoms with Gasteiger partial charge in [0.25, 0.3) is 11.5 Å². The van der Waals surface area contributed by atoms with E-state index in [1.165, 1.54) is 35.0 Å². The Hall–Kier alpha value is -3.16. The zero-order valence-corrected chi connectivity index (χ0v) is 15.6. The molecule has 2 heterocycles. The third-order valence-electron chi connectivity index (χ3n) is 4.29. The zero-order chi connectivity index (χ0) is 19.9. The summed E-state index contributed by atoms with van der Waals surface area (Å²) in [7, 11) is 0. The van der Waals surface area contributed by atoms with Gasteiger partial charge in [-0.2, -0.15) is 0 Å². The van der Waals surface area contributed by atoms with E-state index in [0.717, 1.165) is 4.90 Å². The molecule has 1 aromatic heterocycles. The van der Waals surface area contributed by atoms with Crippen molar-refractivity contribution in [2.45, 2.75) is 39.8 Å². The topological polar surface area (TPSA) is 87.2 Å². The standard InChI is InChI=1S/C19H21FN4O3/c1-11-14(16(25)24(22-11)19(2,3)4)9-15-17(26)23(18(27)21-15)10-12-5-7-13(20)8-6-12/h5-9,22H,10H2,1-4H3,(H,21,27)/b15-9-. The molecule has 142 valence electrons. The zero-order valence-electron chi connectivity index (χ0n) is 15.6. The summed E-state index contributed by atoms with van der Waals surface area (Å²) in [4.78, 5) is 38.4. The molecule has 0 saturated carbocycles. The number of rotatable bonds is 3. The minimum atomic E-state index is -0.583. The number of hydrogen-bond acceptors (Lipinski definition) is 3. The van der Waals surface area contributed by atoms with Crippen molar-refractivity contribution < 1.29 is 14.0 Å². The maximum Gasteiger partial charge on any atom is 0.329 e. The second-order valence-electron chi connectivity index (χ2n) is 7.47. The minimum Gasteiger partial charge on any atom is -0.303 e. The summed E-state index contributed by atoms with van der Waals surface area (Å²) in [5.41, 5.74) is 0.845. The second kappa shape index (κ2) is 6.53. The van der Waals surface area contributed by atoms with Gasteiger partial charge in [-0.05, 0) is 51.5 Å². The molecule has 0 atom stereocenters. The molecule has 8 heteroatoms. The number of aromatic amines is 1. The summed E-state index contributed by atoms with van der Waals surface area (Å²) < 4.78 is 14.5. The second-order valence-corrected chi connectivity index (χ2v) is 7.47. The monoisotopic (exact) mass is 372 g/mol. The summed E-state index contributed by atoms with van der Waals surface area (Å²) in [5.74, 6) is -0.929. The lowest BCUT2D eigenvalue weighted by Crippen LogP contribution is -2.33. The molecule has 1 aliphatic heterocycles. The van der Waals surface area contributed by atoms with Crippen LogP contribution in [0.15, 0.2) is 34.8 Å². The first kappa shape index (κ1) is 18.6. The van der Waals surface area contributed by atoms with Crippen molar-refractivity contribution >= 4 is 18.0 Å². The molecule has 0 spiro atoms. The van der Waals surface area contributed by atoms with E-state index in [1.54, 1.807) is 6.92 Å². The van der Waals surface area contributed by atoms with Crippen molar-refractivity contribution in [2.75, 3.05) is 0 Å². The molecule has 1 aliphatic rings. The lowest BCUT2D eigenvalue weighted by atomic mass is 10.1. The number of carbonyl (C=O) groups excluding carboxylic acids is 2. The van der Waals surface area contributed by atoms with Crippen LogP contribution in [0.2, 0.25) is 0 Å². The van der Waals surface area contributed by atoms with E-state index in [2.05, 4.69) is 10.4 Å². The number of aromatic nitrogens is 2. The summed E-state index contributed by atoms with van der Waals surface area (Å²) >= 11 is 0. The van der Waals surface area contributed by atoms with E-state index in [1.807, 2.05) is 20.8 Å². The van der Waals surface area contributed by atoms with Crippen molar-refractivity contribution in [1.29, 1.82) is 0 Å². The molecule has 1 aromatic carbocycles. The van der Waals surface area contributed by atoms with E-state index >= 15 is 0 Å². The van der Waals surface area contributed by atoms with Gasteiger partial charge in [0.2, 0.25) is 0 Å². The van der Waals surface area contributed by atoms with Gasteiger partial charge >= 0.3 is 6.03 Å². The number of halogens is 1. The van der Waals surface area contributed by atoms with Crippen molar-refractivity contribution in [3.8, 4) is 0 Å². The van der Waals surface area contributed by atoms with Gasteiger partial charge < -0.3 is 5.32 Å². The van der Waals surface area contributed by atoms with Gasteiger partial charge in [-0.15, -0.1) is 0 Å². The molecule has 0 radical (unpaired) electrons. The number of aryl methyl sites for hydroxylation is 1. The number of nitrogens with zero attached hydrogens (tertiary/aromatic N) is 2. The van der Waals surface area contributed by atoms with Crippen LogP contribution in [-0.2, 0) is 16.9 Å². The van der Waals surface area contributed by atoms with E-state index in [-0.39, 0.29) is 17.8 Å². The highest BCUT2D eigenvalue weighted by molar-refractivity contribution is 6.13. The number of H-pyrrole nitrogens is 1. The van der Waals surface area contributed by atoms with Crippen molar-refractivity contribution in [2.24, 2.45) is 0 Å². The van der Waals surface area contributed by atoms with E-state index in [4.69, 9.17) is 0 Å². The maximum atomic E-state index is 13.0. The van der Waals surface area contributed by atoms with Crippen LogP contribution in [0.25, 0.3) is 6.08 Å². The molecular weight excluding hydrogens is 351 g/mol. The lowest BCUT2D eigenvalue weighted by Gasteiger charge is -2.19. The van der Waals surface area contributed by atoms with Crippen molar-refractivity contribution in [3.05, 3.63) is 63.0 Å². The number of nitrogens with one attached hydrogen (secondary N) is 2. The molecule has 3 amide bonds. The van der Waals surface area contributed by atoms with Crippen LogP contribution in [0.3, 0.4) is 0 Å². The first-order valence-corrected chi connectivity index (χ1v) is 8.49. The molecule has 3 rings (SSSR count). The fraction of sp³-hybridized carbons (Fsp3) is 0.316. The molecular formula is C19H21FN4O3. The van der Waals surface area contributed by atoms with Crippen LogP contribution in [0, 0.1) is 12.7 Å². The lowest BCUT2D eigenvalue weighted by molar-refractivity contribution is -0.123. The Balaban J connectivity index is 1.90. The van der Waals surface area contributed by atoms with Gasteiger partial charge in [0.15, 0.2) is 0 Å². The van der Waals surface area contributed by atoms with Crippen LogP contribution in [0.1, 0.15) is 37.6 Å². The first-order chi connectivity index (χ1) is 12.6. The minimum absolute atomic E-state index is 0.0145. The Morgan fingerprint density at radius 2 is 1.74 bits per heavy atom. The van der Waals surface area contributed by atoms with Crippen LogP contribution >= 0.6 is 0 Å². The largest absolute Gasteiger partial charge is 0.329 e. The quantitative estimate of drug-likeness (QED) is 0.641. The van der Waals surface area contributed by atoms with Crippen LogP contribution in [0.5, 0.6) is 0 Å². The van der Waals surface area contributed by atoms with Gasteiger partial charge in [-0.1, -0.05) is 12.1 Å². The summed E-state index contributed by atoms with van der Waals surface area (Å²) in [6.07, 6.45) is 1.39. The summed E-state index contributed by atoms with van der Waals surface area (Å²) in [6, 6.07) is 4.97. The smallest absolute Gasteiger partial charge is 0.303 e. The molecule has 1 fully saturated rings. The average molecular weight is 372 g/mol. The van der Waals surface area contributed by atoms with Gasteiger partial charge in [0.05, 0.1) is 17.6 Å². The summed E-state index contributed by atoms with van der Waals surface area (Å²) in [5, 5.41) is 5.49. The van der Waals surface area contributed by atoms with E-state index in [0.29, 0.717) is 16.8 Å². The fourth-order valence-corrected chi connectivity index (χ4v) is 2.83.